The average molecular weight is 276 g/mol. The summed E-state index contributed by atoms with van der Waals surface area (Å²) in [6.45, 7) is 1.19. The third kappa shape index (κ3) is 3.51. The summed E-state index contributed by atoms with van der Waals surface area (Å²) < 4.78 is 6.64. The lowest BCUT2D eigenvalue weighted by Crippen LogP contribution is -2.14. The highest BCUT2D eigenvalue weighted by molar-refractivity contribution is 6.02. The summed E-state index contributed by atoms with van der Waals surface area (Å²) in [4.78, 5) is 20.0. The van der Waals surface area contributed by atoms with E-state index in [1.54, 1.807) is 31.2 Å². The highest BCUT2D eigenvalue weighted by Crippen LogP contribution is 2.07. The van der Waals surface area contributed by atoms with Gasteiger partial charge in [0.1, 0.15) is 11.5 Å². The topological polar surface area (TPSA) is 94.0 Å². The van der Waals surface area contributed by atoms with E-state index in [1.165, 1.54) is 12.4 Å². The van der Waals surface area contributed by atoms with E-state index in [-0.39, 0.29) is 11.6 Å². The standard InChI is InChI=1S/C12H16N6O2/c1-13-11-7-14-10(6-15-11)12(19)17-9-5-16-18(8-9)3-4-20-2/h5-8H,3-4H2,1-2H3,(H,13,15)(H,17,19). The van der Waals surface area contributed by atoms with Crippen molar-refractivity contribution in [3.8, 4) is 0 Å². The van der Waals surface area contributed by atoms with Crippen LogP contribution < -0.4 is 10.6 Å². The van der Waals surface area contributed by atoms with Gasteiger partial charge in [-0.3, -0.25) is 9.48 Å². The zero-order chi connectivity index (χ0) is 14.4. The first-order chi connectivity index (χ1) is 9.72. The minimum atomic E-state index is -0.327. The first kappa shape index (κ1) is 13.9. The molecule has 1 amide bonds. The van der Waals surface area contributed by atoms with Crippen LogP contribution in [0.4, 0.5) is 11.5 Å². The predicted octanol–water partition coefficient (Wildman–Crippen LogP) is 0.613. The maximum atomic E-state index is 11.9. The Bertz CT molecular complexity index is 566. The molecule has 0 aliphatic heterocycles. The fourth-order valence-electron chi connectivity index (χ4n) is 1.50. The van der Waals surface area contributed by atoms with Gasteiger partial charge in [0.05, 0.1) is 37.4 Å². The molecule has 0 radical (unpaired) electrons. The van der Waals surface area contributed by atoms with Crippen LogP contribution in [-0.4, -0.2) is 46.4 Å². The maximum absolute atomic E-state index is 11.9. The molecular weight excluding hydrogens is 260 g/mol. The molecule has 8 nitrogen and oxygen atoms in total. The Kier molecular flexibility index (Phi) is 4.61. The number of methoxy groups -OCH3 is 1. The van der Waals surface area contributed by atoms with Crippen LogP contribution in [0, 0.1) is 0 Å². The van der Waals surface area contributed by atoms with Crippen molar-refractivity contribution in [2.45, 2.75) is 6.54 Å². The smallest absolute Gasteiger partial charge is 0.275 e. The van der Waals surface area contributed by atoms with Crippen LogP contribution in [0.2, 0.25) is 0 Å². The number of amides is 1. The Morgan fingerprint density at radius 1 is 1.35 bits per heavy atom. The number of anilines is 2. The molecule has 2 aromatic heterocycles. The van der Waals surface area contributed by atoms with Crippen molar-refractivity contribution < 1.29 is 9.53 Å². The average Bonchev–Trinajstić information content (AvgIpc) is 2.92. The number of carbonyl (C=O) groups excluding carboxylic acids is 1. The molecule has 0 unspecified atom stereocenters. The zero-order valence-corrected chi connectivity index (χ0v) is 11.3. The largest absolute Gasteiger partial charge is 0.383 e. The van der Waals surface area contributed by atoms with Crippen LogP contribution in [0.5, 0.6) is 0 Å². The molecule has 0 bridgehead atoms. The number of ether oxygens (including phenoxy) is 1. The number of carbonyl (C=O) groups is 1. The molecule has 106 valence electrons. The highest BCUT2D eigenvalue weighted by atomic mass is 16.5. The molecule has 0 fully saturated rings. The molecule has 2 aromatic rings. The van der Waals surface area contributed by atoms with Gasteiger partial charge in [0, 0.05) is 20.4 Å². The molecule has 8 heteroatoms. The number of hydrogen-bond donors (Lipinski definition) is 2. The molecule has 0 spiro atoms. The zero-order valence-electron chi connectivity index (χ0n) is 11.3. The number of rotatable bonds is 6. The van der Waals surface area contributed by atoms with Crippen LogP contribution in [0.15, 0.2) is 24.8 Å². The molecule has 2 rings (SSSR count). The van der Waals surface area contributed by atoms with Gasteiger partial charge in [0.25, 0.3) is 5.91 Å². The lowest BCUT2D eigenvalue weighted by Gasteiger charge is -2.02. The molecule has 0 atom stereocenters. The fraction of sp³-hybridized carbons (Fsp3) is 0.333. The van der Waals surface area contributed by atoms with Crippen LogP contribution in [0.3, 0.4) is 0 Å². The minimum Gasteiger partial charge on any atom is -0.383 e. The van der Waals surface area contributed by atoms with E-state index in [0.717, 1.165) is 0 Å². The molecule has 0 aliphatic carbocycles. The highest BCUT2D eigenvalue weighted by Gasteiger charge is 2.09. The number of nitrogens with zero attached hydrogens (tertiary/aromatic N) is 4. The van der Waals surface area contributed by atoms with Gasteiger partial charge in [0.15, 0.2) is 0 Å². The number of hydrogen-bond acceptors (Lipinski definition) is 6. The molecule has 20 heavy (non-hydrogen) atoms. The SMILES string of the molecule is CNc1cnc(C(=O)Nc2cnn(CCOC)c2)cn1. The fourth-order valence-corrected chi connectivity index (χ4v) is 1.50. The van der Waals surface area contributed by atoms with Crippen molar-refractivity contribution in [1.29, 1.82) is 0 Å². The molecule has 0 saturated heterocycles. The predicted molar refractivity (Wildman–Crippen MR) is 73.6 cm³/mol. The summed E-state index contributed by atoms with van der Waals surface area (Å²) in [7, 11) is 3.36. The third-order valence-electron chi connectivity index (χ3n) is 2.56. The maximum Gasteiger partial charge on any atom is 0.275 e. The number of aromatic nitrogens is 4. The summed E-state index contributed by atoms with van der Waals surface area (Å²) in [5.41, 5.74) is 0.847. The van der Waals surface area contributed by atoms with Gasteiger partial charge in [-0.25, -0.2) is 9.97 Å². The first-order valence-corrected chi connectivity index (χ1v) is 6.05. The van der Waals surface area contributed by atoms with E-state index in [4.69, 9.17) is 4.74 Å². The Hall–Kier alpha value is -2.48. The van der Waals surface area contributed by atoms with Crippen LogP contribution in [-0.2, 0) is 11.3 Å². The monoisotopic (exact) mass is 276 g/mol. The lowest BCUT2D eigenvalue weighted by molar-refractivity contribution is 0.102. The second-order valence-electron chi connectivity index (χ2n) is 3.98. The van der Waals surface area contributed by atoms with Gasteiger partial charge < -0.3 is 15.4 Å². The Morgan fingerprint density at radius 2 is 2.20 bits per heavy atom. The van der Waals surface area contributed by atoms with Gasteiger partial charge >= 0.3 is 0 Å². The van der Waals surface area contributed by atoms with E-state index in [9.17, 15) is 4.79 Å². The van der Waals surface area contributed by atoms with E-state index in [1.807, 2.05) is 0 Å². The normalized spacial score (nSPS) is 10.3. The van der Waals surface area contributed by atoms with Crippen molar-refractivity contribution >= 4 is 17.4 Å². The van der Waals surface area contributed by atoms with E-state index >= 15 is 0 Å². The van der Waals surface area contributed by atoms with Gasteiger partial charge in [-0.1, -0.05) is 0 Å². The van der Waals surface area contributed by atoms with Crippen molar-refractivity contribution in [3.05, 3.63) is 30.5 Å². The van der Waals surface area contributed by atoms with Crippen molar-refractivity contribution in [3.63, 3.8) is 0 Å². The molecule has 2 heterocycles. The van der Waals surface area contributed by atoms with Crippen LogP contribution >= 0.6 is 0 Å². The summed E-state index contributed by atoms with van der Waals surface area (Å²) in [5, 5.41) is 9.65. The van der Waals surface area contributed by atoms with Crippen molar-refractivity contribution in [1.82, 2.24) is 19.7 Å². The molecule has 0 saturated carbocycles. The third-order valence-corrected chi connectivity index (χ3v) is 2.56. The molecule has 0 aromatic carbocycles. The number of nitrogens with one attached hydrogen (secondary N) is 2. The molecular formula is C12H16N6O2. The molecule has 0 aliphatic rings. The summed E-state index contributed by atoms with van der Waals surface area (Å²) in [5.74, 6) is 0.278. The second-order valence-corrected chi connectivity index (χ2v) is 3.98. The second kappa shape index (κ2) is 6.62. The van der Waals surface area contributed by atoms with E-state index in [2.05, 4.69) is 25.7 Å². The first-order valence-electron chi connectivity index (χ1n) is 6.05. The van der Waals surface area contributed by atoms with Gasteiger partial charge in [0.2, 0.25) is 0 Å². The van der Waals surface area contributed by atoms with Gasteiger partial charge in [-0.05, 0) is 0 Å². The van der Waals surface area contributed by atoms with Crippen molar-refractivity contribution in [2.24, 2.45) is 0 Å². The van der Waals surface area contributed by atoms with Crippen LogP contribution in [0.25, 0.3) is 0 Å². The van der Waals surface area contributed by atoms with Gasteiger partial charge in [-0.2, -0.15) is 5.10 Å². The van der Waals surface area contributed by atoms with Crippen LogP contribution in [0.1, 0.15) is 10.5 Å². The quantitative estimate of drug-likeness (QED) is 0.803. The Balaban J connectivity index is 1.97. The summed E-state index contributed by atoms with van der Waals surface area (Å²) in [6, 6.07) is 0. The Morgan fingerprint density at radius 3 is 2.85 bits per heavy atom. The Labute approximate surface area is 116 Å². The van der Waals surface area contributed by atoms with Crippen molar-refractivity contribution in [2.75, 3.05) is 31.4 Å². The van der Waals surface area contributed by atoms with E-state index < -0.39 is 0 Å². The summed E-state index contributed by atoms with van der Waals surface area (Å²) >= 11 is 0. The van der Waals surface area contributed by atoms with Gasteiger partial charge in [-0.15, -0.1) is 0 Å². The minimum absolute atomic E-state index is 0.244. The van der Waals surface area contributed by atoms with E-state index in [0.29, 0.717) is 24.7 Å². The molecule has 2 N–H and O–H groups in total. The lowest BCUT2D eigenvalue weighted by atomic mass is 10.4. The summed E-state index contributed by atoms with van der Waals surface area (Å²) in [6.07, 6.45) is 6.21.